The van der Waals surface area contributed by atoms with Crippen molar-refractivity contribution in [3.8, 4) is 0 Å². The Morgan fingerprint density at radius 1 is 1.00 bits per heavy atom. The summed E-state index contributed by atoms with van der Waals surface area (Å²) in [5.41, 5.74) is -0.715. The van der Waals surface area contributed by atoms with Gasteiger partial charge in [-0.25, -0.2) is 8.42 Å². The van der Waals surface area contributed by atoms with Crippen molar-refractivity contribution in [2.45, 2.75) is 30.5 Å². The summed E-state index contributed by atoms with van der Waals surface area (Å²) < 4.78 is 67.5. The Morgan fingerprint density at radius 2 is 1.59 bits per heavy atom. The number of rotatable bonds is 8. The lowest BCUT2D eigenvalue weighted by Gasteiger charge is -2.27. The summed E-state index contributed by atoms with van der Waals surface area (Å²) in [7, 11) is -4.42. The van der Waals surface area contributed by atoms with E-state index in [1.807, 2.05) is 25.1 Å². The number of alkyl halides is 3. The summed E-state index contributed by atoms with van der Waals surface area (Å²) in [6, 6.07) is 18.1. The lowest BCUT2D eigenvalue weighted by Crippen LogP contribution is -2.42. The van der Waals surface area contributed by atoms with Crippen molar-refractivity contribution >= 4 is 33.2 Å². The molecule has 0 heterocycles. The monoisotopic (exact) mass is 510 g/mol. The maximum atomic E-state index is 13.4. The third-order valence-corrected chi connectivity index (χ3v) is 7.20. The van der Waals surface area contributed by atoms with E-state index in [0.29, 0.717) is 16.8 Å². The quantitative estimate of drug-likeness (QED) is 0.415. The molecule has 0 aliphatic carbocycles. The number of amides is 1. The van der Waals surface area contributed by atoms with Crippen LogP contribution >= 0.6 is 11.6 Å². The molecule has 1 atom stereocenters. The second-order valence-corrected chi connectivity index (χ2v) is 9.70. The van der Waals surface area contributed by atoms with Gasteiger partial charge < -0.3 is 5.32 Å². The lowest BCUT2D eigenvalue weighted by molar-refractivity contribution is -0.137. The Bertz CT molecular complexity index is 1240. The van der Waals surface area contributed by atoms with Crippen molar-refractivity contribution in [1.82, 2.24) is 5.32 Å². The molecule has 0 spiro atoms. The van der Waals surface area contributed by atoms with Crippen molar-refractivity contribution < 1.29 is 26.4 Å². The fourth-order valence-corrected chi connectivity index (χ4v) is 5.10. The van der Waals surface area contributed by atoms with Crippen LogP contribution in [0.15, 0.2) is 83.8 Å². The zero-order valence-corrected chi connectivity index (χ0v) is 19.7. The maximum absolute atomic E-state index is 13.4. The third-order valence-electron chi connectivity index (χ3n) is 5.11. The molecular formula is C24H22ClF3N2O3S. The number of carbonyl (C=O) groups excluding carboxylic acids is 1. The highest BCUT2D eigenvalue weighted by Crippen LogP contribution is 2.37. The van der Waals surface area contributed by atoms with Gasteiger partial charge in [-0.15, -0.1) is 0 Å². The fraction of sp³-hybridized carbons (Fsp3) is 0.208. The van der Waals surface area contributed by atoms with Crippen molar-refractivity contribution in [3.05, 3.63) is 95.0 Å². The Kier molecular flexibility index (Phi) is 7.89. The van der Waals surface area contributed by atoms with Crippen molar-refractivity contribution in [2.75, 3.05) is 10.8 Å². The first-order valence-corrected chi connectivity index (χ1v) is 12.1. The Labute approximate surface area is 201 Å². The Hall–Kier alpha value is -3.04. The number of nitrogens with zero attached hydrogens (tertiary/aromatic N) is 1. The summed E-state index contributed by atoms with van der Waals surface area (Å²) in [5, 5.41) is 2.52. The zero-order valence-electron chi connectivity index (χ0n) is 18.1. The van der Waals surface area contributed by atoms with Gasteiger partial charge in [0.25, 0.3) is 10.0 Å². The van der Waals surface area contributed by atoms with E-state index in [0.717, 1.165) is 17.7 Å². The molecule has 180 valence electrons. The second-order valence-electron chi connectivity index (χ2n) is 7.43. The molecule has 0 saturated carbocycles. The maximum Gasteiger partial charge on any atom is 0.416 e. The van der Waals surface area contributed by atoms with E-state index in [1.54, 1.807) is 18.2 Å². The normalized spacial score (nSPS) is 12.7. The fourth-order valence-electron chi connectivity index (χ4n) is 3.38. The minimum atomic E-state index is -4.73. The van der Waals surface area contributed by atoms with Crippen LogP contribution in [0, 0.1) is 0 Å². The Morgan fingerprint density at radius 3 is 2.15 bits per heavy atom. The summed E-state index contributed by atoms with van der Waals surface area (Å²) >= 11 is 6.14. The van der Waals surface area contributed by atoms with Crippen LogP contribution in [0.3, 0.4) is 0 Å². The first-order chi connectivity index (χ1) is 16.0. The van der Waals surface area contributed by atoms with Crippen molar-refractivity contribution in [2.24, 2.45) is 0 Å². The average molecular weight is 511 g/mol. The van der Waals surface area contributed by atoms with Gasteiger partial charge >= 0.3 is 6.18 Å². The molecule has 3 aromatic carbocycles. The van der Waals surface area contributed by atoms with E-state index in [9.17, 15) is 26.4 Å². The Balaban J connectivity index is 2.02. The van der Waals surface area contributed by atoms with Crippen molar-refractivity contribution in [1.29, 1.82) is 0 Å². The summed E-state index contributed by atoms with van der Waals surface area (Å²) in [6.45, 7) is 1.09. The van der Waals surface area contributed by atoms with E-state index in [4.69, 9.17) is 11.6 Å². The molecule has 0 aliphatic heterocycles. The average Bonchev–Trinajstić information content (AvgIpc) is 2.82. The van der Waals surface area contributed by atoms with Crippen LogP contribution in [0.4, 0.5) is 18.9 Å². The summed E-state index contributed by atoms with van der Waals surface area (Å²) in [6.07, 6.45) is -4.21. The predicted octanol–water partition coefficient (Wildman–Crippen LogP) is 5.82. The van der Waals surface area contributed by atoms with Gasteiger partial charge in [-0.1, -0.05) is 67.1 Å². The number of benzene rings is 3. The molecule has 34 heavy (non-hydrogen) atoms. The second kappa shape index (κ2) is 10.5. The topological polar surface area (TPSA) is 66.5 Å². The number of anilines is 1. The van der Waals surface area contributed by atoms with Crippen LogP contribution in [0.2, 0.25) is 5.02 Å². The highest BCUT2D eigenvalue weighted by Gasteiger charge is 2.34. The molecule has 1 N–H and O–H groups in total. The molecule has 0 radical (unpaired) electrons. The van der Waals surface area contributed by atoms with Gasteiger partial charge in [0.15, 0.2) is 0 Å². The summed E-state index contributed by atoms with van der Waals surface area (Å²) in [4.78, 5) is 12.8. The molecule has 0 unspecified atom stereocenters. The largest absolute Gasteiger partial charge is 0.416 e. The highest BCUT2D eigenvalue weighted by molar-refractivity contribution is 7.92. The van der Waals surface area contributed by atoms with E-state index in [1.165, 1.54) is 24.3 Å². The first kappa shape index (κ1) is 25.6. The molecule has 1 amide bonds. The van der Waals surface area contributed by atoms with Crippen LogP contribution in [0.1, 0.15) is 30.5 Å². The first-order valence-electron chi connectivity index (χ1n) is 10.3. The minimum Gasteiger partial charge on any atom is -0.348 e. The van der Waals surface area contributed by atoms with Crippen LogP contribution in [0.5, 0.6) is 0 Å². The summed E-state index contributed by atoms with van der Waals surface area (Å²) in [5.74, 6) is -0.691. The molecule has 0 aromatic heterocycles. The molecule has 3 aromatic rings. The zero-order chi connectivity index (χ0) is 24.9. The van der Waals surface area contributed by atoms with Crippen molar-refractivity contribution in [3.63, 3.8) is 0 Å². The van der Waals surface area contributed by atoms with Gasteiger partial charge in [-0.2, -0.15) is 13.2 Å². The SMILES string of the molecule is CC[C@H](NC(=O)CN(c1cc(C(F)(F)F)ccc1Cl)S(=O)(=O)c1ccccc1)c1ccccc1. The van der Waals surface area contributed by atoms with E-state index < -0.39 is 45.9 Å². The molecular weight excluding hydrogens is 489 g/mol. The number of hydrogen-bond donors (Lipinski definition) is 1. The standard InChI is InChI=1S/C24H22ClF3N2O3S/c1-2-21(17-9-5-3-6-10-17)29-23(31)16-30(34(32,33)19-11-7-4-8-12-19)22-15-18(24(26,27)28)13-14-20(22)25/h3-15,21H,2,16H2,1H3,(H,29,31)/t21-/m0/s1. The van der Waals surface area contributed by atoms with E-state index >= 15 is 0 Å². The molecule has 5 nitrogen and oxygen atoms in total. The van der Waals surface area contributed by atoms with Crippen LogP contribution < -0.4 is 9.62 Å². The molecule has 0 saturated heterocycles. The molecule has 3 rings (SSSR count). The number of sulfonamides is 1. The van der Waals surface area contributed by atoms with Crippen LogP contribution in [0.25, 0.3) is 0 Å². The molecule has 0 aliphatic rings. The van der Waals surface area contributed by atoms with E-state index in [-0.39, 0.29) is 9.92 Å². The molecule has 0 bridgehead atoms. The lowest BCUT2D eigenvalue weighted by atomic mass is 10.0. The highest BCUT2D eigenvalue weighted by atomic mass is 35.5. The predicted molar refractivity (Wildman–Crippen MR) is 125 cm³/mol. The van der Waals surface area contributed by atoms with Gasteiger partial charge in [-0.3, -0.25) is 9.10 Å². The number of carbonyl (C=O) groups is 1. The van der Waals surface area contributed by atoms with Crippen LogP contribution in [-0.2, 0) is 21.0 Å². The van der Waals surface area contributed by atoms with Gasteiger partial charge in [0.1, 0.15) is 6.54 Å². The number of nitrogens with one attached hydrogen (secondary N) is 1. The molecule has 0 fully saturated rings. The smallest absolute Gasteiger partial charge is 0.348 e. The van der Waals surface area contributed by atoms with Gasteiger partial charge in [0.05, 0.1) is 27.2 Å². The molecule has 10 heteroatoms. The van der Waals surface area contributed by atoms with Gasteiger partial charge in [-0.05, 0) is 42.3 Å². The van der Waals surface area contributed by atoms with E-state index in [2.05, 4.69) is 5.32 Å². The number of hydrogen-bond acceptors (Lipinski definition) is 3. The van der Waals surface area contributed by atoms with Gasteiger partial charge in [0, 0.05) is 0 Å². The number of halogens is 4. The van der Waals surface area contributed by atoms with Gasteiger partial charge in [0.2, 0.25) is 5.91 Å². The van der Waals surface area contributed by atoms with Crippen LogP contribution in [-0.4, -0.2) is 20.9 Å². The third kappa shape index (κ3) is 5.90. The minimum absolute atomic E-state index is 0.189.